The third kappa shape index (κ3) is 4.06. The molecule has 2 aromatic carbocycles. The molecule has 0 fully saturated rings. The monoisotopic (exact) mass is 295 g/mol. The number of nitrogens with zero attached hydrogens (tertiary/aromatic N) is 1. The minimum atomic E-state index is -1.44. The first-order valence-electron chi connectivity index (χ1n) is 6.50. The van der Waals surface area contributed by atoms with Crippen LogP contribution in [-0.4, -0.2) is 17.1 Å². The van der Waals surface area contributed by atoms with Gasteiger partial charge in [0.25, 0.3) is 0 Å². The molecule has 0 bridgehead atoms. The maximum absolute atomic E-state index is 13.1. The summed E-state index contributed by atoms with van der Waals surface area (Å²) >= 11 is 0. The highest BCUT2D eigenvalue weighted by molar-refractivity contribution is 5.23. The van der Waals surface area contributed by atoms with Crippen molar-refractivity contribution >= 4 is 0 Å². The Morgan fingerprint density at radius 2 is 1.33 bits per heavy atom. The summed E-state index contributed by atoms with van der Waals surface area (Å²) in [5, 5.41) is 8.97. The SMILES string of the molecule is CN(Cc1ccc(CO)cc1)Cc1cc(F)c(F)c(F)c1. The molecule has 0 aliphatic heterocycles. The number of halogens is 3. The van der Waals surface area contributed by atoms with Gasteiger partial charge in [0.2, 0.25) is 0 Å². The summed E-state index contributed by atoms with van der Waals surface area (Å²) in [7, 11) is 1.80. The molecule has 0 radical (unpaired) electrons. The summed E-state index contributed by atoms with van der Waals surface area (Å²) in [6, 6.07) is 9.41. The van der Waals surface area contributed by atoms with Crippen LogP contribution in [0.4, 0.5) is 13.2 Å². The molecule has 0 atom stereocenters. The zero-order valence-corrected chi connectivity index (χ0v) is 11.6. The van der Waals surface area contributed by atoms with Gasteiger partial charge in [-0.25, -0.2) is 13.2 Å². The van der Waals surface area contributed by atoms with Crippen LogP contribution in [0.1, 0.15) is 16.7 Å². The summed E-state index contributed by atoms with van der Waals surface area (Å²) in [4.78, 5) is 1.86. The molecule has 2 aromatic rings. The average Bonchev–Trinajstić information content (AvgIpc) is 2.45. The fourth-order valence-corrected chi connectivity index (χ4v) is 2.13. The first-order valence-corrected chi connectivity index (χ1v) is 6.50. The minimum absolute atomic E-state index is 0.00967. The van der Waals surface area contributed by atoms with Crippen LogP contribution in [0.25, 0.3) is 0 Å². The van der Waals surface area contributed by atoms with E-state index in [9.17, 15) is 13.2 Å². The Labute approximate surface area is 121 Å². The normalized spacial score (nSPS) is 11.1. The molecule has 0 aromatic heterocycles. The summed E-state index contributed by atoms with van der Waals surface area (Å²) in [6.45, 7) is 0.868. The van der Waals surface area contributed by atoms with Crippen LogP contribution in [0.2, 0.25) is 0 Å². The molecule has 0 saturated carbocycles. The molecule has 0 aliphatic carbocycles. The maximum atomic E-state index is 13.1. The highest BCUT2D eigenvalue weighted by Crippen LogP contribution is 2.16. The lowest BCUT2D eigenvalue weighted by Crippen LogP contribution is -2.17. The van der Waals surface area contributed by atoms with Gasteiger partial charge in [0, 0.05) is 13.1 Å². The number of hydrogen-bond donors (Lipinski definition) is 1. The van der Waals surface area contributed by atoms with Gasteiger partial charge in [-0.05, 0) is 35.9 Å². The van der Waals surface area contributed by atoms with E-state index in [0.29, 0.717) is 18.7 Å². The molecule has 0 spiro atoms. The van der Waals surface area contributed by atoms with Crippen LogP contribution in [0.15, 0.2) is 36.4 Å². The van der Waals surface area contributed by atoms with E-state index in [4.69, 9.17) is 5.11 Å². The van der Waals surface area contributed by atoms with Gasteiger partial charge in [0.15, 0.2) is 17.5 Å². The van der Waals surface area contributed by atoms with Gasteiger partial charge >= 0.3 is 0 Å². The molecule has 0 aliphatic rings. The molecule has 5 heteroatoms. The van der Waals surface area contributed by atoms with Gasteiger partial charge in [-0.15, -0.1) is 0 Å². The number of rotatable bonds is 5. The molecule has 1 N–H and O–H groups in total. The fourth-order valence-electron chi connectivity index (χ4n) is 2.13. The van der Waals surface area contributed by atoms with E-state index < -0.39 is 17.5 Å². The van der Waals surface area contributed by atoms with Crippen molar-refractivity contribution in [3.05, 3.63) is 70.5 Å². The van der Waals surface area contributed by atoms with E-state index in [2.05, 4.69) is 0 Å². The first kappa shape index (κ1) is 15.5. The van der Waals surface area contributed by atoms with Crippen LogP contribution < -0.4 is 0 Å². The van der Waals surface area contributed by atoms with Crippen molar-refractivity contribution in [2.24, 2.45) is 0 Å². The Morgan fingerprint density at radius 3 is 1.86 bits per heavy atom. The van der Waals surface area contributed by atoms with Crippen LogP contribution in [0, 0.1) is 17.5 Å². The van der Waals surface area contributed by atoms with Crippen molar-refractivity contribution in [2.75, 3.05) is 7.05 Å². The van der Waals surface area contributed by atoms with Gasteiger partial charge in [-0.1, -0.05) is 24.3 Å². The van der Waals surface area contributed by atoms with Crippen molar-refractivity contribution in [1.29, 1.82) is 0 Å². The predicted octanol–water partition coefficient (Wildman–Crippen LogP) is 3.23. The molecular formula is C16H16F3NO. The molecule has 2 rings (SSSR count). The zero-order chi connectivity index (χ0) is 15.4. The number of hydrogen-bond acceptors (Lipinski definition) is 2. The molecule has 0 saturated heterocycles. The Hall–Kier alpha value is -1.85. The number of aliphatic hydroxyl groups is 1. The van der Waals surface area contributed by atoms with Crippen molar-refractivity contribution in [3.63, 3.8) is 0 Å². The first-order chi connectivity index (χ1) is 9.99. The van der Waals surface area contributed by atoms with E-state index in [1.165, 1.54) is 0 Å². The smallest absolute Gasteiger partial charge is 0.194 e. The van der Waals surface area contributed by atoms with Crippen molar-refractivity contribution < 1.29 is 18.3 Å². The topological polar surface area (TPSA) is 23.5 Å². The Morgan fingerprint density at radius 1 is 0.857 bits per heavy atom. The maximum Gasteiger partial charge on any atom is 0.194 e. The van der Waals surface area contributed by atoms with E-state index >= 15 is 0 Å². The van der Waals surface area contributed by atoms with Crippen molar-refractivity contribution in [1.82, 2.24) is 4.90 Å². The van der Waals surface area contributed by atoms with Gasteiger partial charge in [0.05, 0.1) is 6.61 Å². The molecule has 2 nitrogen and oxygen atoms in total. The van der Waals surface area contributed by atoms with Crippen LogP contribution in [0.3, 0.4) is 0 Å². The van der Waals surface area contributed by atoms with E-state index in [1.54, 1.807) is 7.05 Å². The Kier molecular flexibility index (Phi) is 4.98. The van der Waals surface area contributed by atoms with Crippen LogP contribution >= 0.6 is 0 Å². The second-order valence-electron chi connectivity index (χ2n) is 5.02. The fraction of sp³-hybridized carbons (Fsp3) is 0.250. The highest BCUT2D eigenvalue weighted by Gasteiger charge is 2.11. The number of benzene rings is 2. The number of aliphatic hydroxyl groups excluding tert-OH is 1. The summed E-state index contributed by atoms with van der Waals surface area (Å²) in [5.74, 6) is -3.79. The second-order valence-corrected chi connectivity index (χ2v) is 5.02. The third-order valence-corrected chi connectivity index (χ3v) is 3.15. The minimum Gasteiger partial charge on any atom is -0.392 e. The molecule has 0 unspecified atom stereocenters. The molecule has 0 heterocycles. The van der Waals surface area contributed by atoms with Crippen LogP contribution in [0.5, 0.6) is 0 Å². The molecule has 21 heavy (non-hydrogen) atoms. The highest BCUT2D eigenvalue weighted by atomic mass is 19.2. The van der Waals surface area contributed by atoms with Crippen LogP contribution in [-0.2, 0) is 19.7 Å². The predicted molar refractivity (Wildman–Crippen MR) is 73.9 cm³/mol. The lowest BCUT2D eigenvalue weighted by atomic mass is 10.1. The lowest BCUT2D eigenvalue weighted by Gasteiger charge is -2.17. The van der Waals surface area contributed by atoms with Gasteiger partial charge in [0.1, 0.15) is 0 Å². The third-order valence-electron chi connectivity index (χ3n) is 3.15. The van der Waals surface area contributed by atoms with E-state index in [1.807, 2.05) is 29.2 Å². The average molecular weight is 295 g/mol. The molecule has 112 valence electrons. The van der Waals surface area contributed by atoms with E-state index in [0.717, 1.165) is 23.3 Å². The van der Waals surface area contributed by atoms with Crippen molar-refractivity contribution in [3.8, 4) is 0 Å². The standard InChI is InChI=1S/C16H16F3NO/c1-20(8-11-2-4-12(10-21)5-3-11)9-13-6-14(17)16(19)15(18)7-13/h2-7,21H,8-10H2,1H3. The lowest BCUT2D eigenvalue weighted by molar-refractivity contribution is 0.281. The largest absolute Gasteiger partial charge is 0.392 e. The Balaban J connectivity index is 2.02. The second kappa shape index (κ2) is 6.74. The zero-order valence-electron chi connectivity index (χ0n) is 11.6. The quantitative estimate of drug-likeness (QED) is 0.856. The summed E-state index contributed by atoms with van der Waals surface area (Å²) in [5.41, 5.74) is 2.21. The van der Waals surface area contributed by atoms with Gasteiger partial charge in [-0.3, -0.25) is 4.90 Å². The summed E-state index contributed by atoms with van der Waals surface area (Å²) in [6.07, 6.45) is 0. The van der Waals surface area contributed by atoms with Gasteiger partial charge < -0.3 is 5.11 Å². The van der Waals surface area contributed by atoms with Crippen molar-refractivity contribution in [2.45, 2.75) is 19.7 Å². The Bertz CT molecular complexity index is 590. The summed E-state index contributed by atoms with van der Waals surface area (Å²) < 4.78 is 39.2. The molecular weight excluding hydrogens is 279 g/mol. The molecule has 0 amide bonds. The van der Waals surface area contributed by atoms with E-state index in [-0.39, 0.29) is 6.61 Å². The van der Waals surface area contributed by atoms with Gasteiger partial charge in [-0.2, -0.15) is 0 Å².